The van der Waals surface area contributed by atoms with Gasteiger partial charge in [0.05, 0.1) is 6.61 Å². The molecule has 1 aliphatic rings. The zero-order valence-corrected chi connectivity index (χ0v) is 9.39. The van der Waals surface area contributed by atoms with Gasteiger partial charge in [-0.05, 0) is 25.9 Å². The molecular formula is C9H19ClN2O2. The topological polar surface area (TPSA) is 55.6 Å². The number of primary amides is 1. The van der Waals surface area contributed by atoms with Crippen molar-refractivity contribution in [3.05, 3.63) is 0 Å². The van der Waals surface area contributed by atoms with E-state index in [1.165, 1.54) is 0 Å². The number of rotatable bonds is 4. The summed E-state index contributed by atoms with van der Waals surface area (Å²) >= 11 is 0. The minimum absolute atomic E-state index is 0. The van der Waals surface area contributed by atoms with Gasteiger partial charge in [0, 0.05) is 19.6 Å². The normalized spacial score (nSPS) is 18.9. The zero-order valence-electron chi connectivity index (χ0n) is 8.57. The summed E-state index contributed by atoms with van der Waals surface area (Å²) in [5.74, 6) is -0.0508. The number of carbonyl (C=O) groups excluding carboxylic acids is 1. The van der Waals surface area contributed by atoms with Gasteiger partial charge in [-0.15, -0.1) is 12.4 Å². The molecule has 0 aromatic carbocycles. The van der Waals surface area contributed by atoms with Crippen molar-refractivity contribution >= 4 is 18.3 Å². The van der Waals surface area contributed by atoms with Crippen LogP contribution in [0.4, 0.5) is 0 Å². The fourth-order valence-corrected chi connectivity index (χ4v) is 1.66. The number of carbonyl (C=O) groups is 1. The molecule has 0 bridgehead atoms. The predicted molar refractivity (Wildman–Crippen MR) is 57.5 cm³/mol. The largest absolute Gasteiger partial charge is 0.383 e. The third-order valence-corrected chi connectivity index (χ3v) is 2.60. The van der Waals surface area contributed by atoms with Crippen molar-refractivity contribution in [1.82, 2.24) is 4.90 Å². The summed E-state index contributed by atoms with van der Waals surface area (Å²) in [6.07, 6.45) is 1.80. The second kappa shape index (κ2) is 7.04. The van der Waals surface area contributed by atoms with Crippen LogP contribution in [0.1, 0.15) is 12.8 Å². The van der Waals surface area contributed by atoms with E-state index in [9.17, 15) is 4.79 Å². The SMILES string of the molecule is COCCN1CCC(C(N)=O)CC1.Cl. The molecule has 84 valence electrons. The van der Waals surface area contributed by atoms with Crippen molar-refractivity contribution in [1.29, 1.82) is 0 Å². The van der Waals surface area contributed by atoms with Crippen LogP contribution in [-0.2, 0) is 9.53 Å². The van der Waals surface area contributed by atoms with Gasteiger partial charge in [0.1, 0.15) is 0 Å². The Morgan fingerprint density at radius 2 is 2.07 bits per heavy atom. The van der Waals surface area contributed by atoms with E-state index in [2.05, 4.69) is 4.90 Å². The molecule has 0 saturated carbocycles. The van der Waals surface area contributed by atoms with Crippen LogP contribution in [0.5, 0.6) is 0 Å². The molecule has 0 aliphatic carbocycles. The van der Waals surface area contributed by atoms with Crippen LogP contribution >= 0.6 is 12.4 Å². The Morgan fingerprint density at radius 1 is 1.50 bits per heavy atom. The lowest BCUT2D eigenvalue weighted by Gasteiger charge is -2.29. The second-order valence-electron chi connectivity index (χ2n) is 3.51. The van der Waals surface area contributed by atoms with Crippen molar-refractivity contribution in [2.24, 2.45) is 11.7 Å². The highest BCUT2D eigenvalue weighted by Gasteiger charge is 2.22. The monoisotopic (exact) mass is 222 g/mol. The standard InChI is InChI=1S/C9H18N2O2.ClH/c1-13-7-6-11-4-2-8(3-5-11)9(10)12;/h8H,2-7H2,1H3,(H2,10,12);1H. The van der Waals surface area contributed by atoms with E-state index in [0.29, 0.717) is 0 Å². The molecule has 0 spiro atoms. The van der Waals surface area contributed by atoms with Crippen LogP contribution < -0.4 is 5.73 Å². The molecule has 0 aromatic rings. The Kier molecular flexibility index (Phi) is 6.87. The molecule has 1 fully saturated rings. The molecule has 2 N–H and O–H groups in total. The molecule has 4 nitrogen and oxygen atoms in total. The Bertz CT molecular complexity index is 170. The Balaban J connectivity index is 0.00000169. The maximum atomic E-state index is 10.9. The van der Waals surface area contributed by atoms with E-state index in [0.717, 1.165) is 39.1 Å². The van der Waals surface area contributed by atoms with Crippen LogP contribution in [0.2, 0.25) is 0 Å². The summed E-state index contributed by atoms with van der Waals surface area (Å²) in [7, 11) is 1.70. The van der Waals surface area contributed by atoms with E-state index >= 15 is 0 Å². The smallest absolute Gasteiger partial charge is 0.220 e. The molecule has 1 rings (SSSR count). The average molecular weight is 223 g/mol. The first-order valence-corrected chi connectivity index (χ1v) is 4.74. The van der Waals surface area contributed by atoms with Crippen molar-refractivity contribution in [3.8, 4) is 0 Å². The van der Waals surface area contributed by atoms with Crippen LogP contribution in [0.3, 0.4) is 0 Å². The Hall–Kier alpha value is -0.320. The fourth-order valence-electron chi connectivity index (χ4n) is 1.66. The molecule has 1 saturated heterocycles. The van der Waals surface area contributed by atoms with E-state index in [-0.39, 0.29) is 24.2 Å². The van der Waals surface area contributed by atoms with E-state index in [1.807, 2.05) is 0 Å². The molecule has 0 radical (unpaired) electrons. The highest BCUT2D eigenvalue weighted by atomic mass is 35.5. The van der Waals surface area contributed by atoms with Crippen LogP contribution in [-0.4, -0.2) is 44.2 Å². The Labute approximate surface area is 91.2 Å². The summed E-state index contributed by atoms with van der Waals surface area (Å²) in [6.45, 7) is 3.66. The van der Waals surface area contributed by atoms with Gasteiger partial charge < -0.3 is 15.4 Å². The maximum absolute atomic E-state index is 10.9. The van der Waals surface area contributed by atoms with Gasteiger partial charge in [-0.2, -0.15) is 0 Å². The lowest BCUT2D eigenvalue weighted by Crippen LogP contribution is -2.39. The number of methoxy groups -OCH3 is 1. The van der Waals surface area contributed by atoms with Gasteiger partial charge in [0.2, 0.25) is 5.91 Å². The first-order chi connectivity index (χ1) is 6.24. The molecule has 0 unspecified atom stereocenters. The maximum Gasteiger partial charge on any atom is 0.220 e. The van der Waals surface area contributed by atoms with Crippen molar-refractivity contribution < 1.29 is 9.53 Å². The van der Waals surface area contributed by atoms with Crippen LogP contribution in [0, 0.1) is 5.92 Å². The number of hydrogen-bond acceptors (Lipinski definition) is 3. The van der Waals surface area contributed by atoms with Gasteiger partial charge >= 0.3 is 0 Å². The summed E-state index contributed by atoms with van der Waals surface area (Å²) < 4.78 is 4.99. The van der Waals surface area contributed by atoms with Crippen molar-refractivity contribution in [3.63, 3.8) is 0 Å². The van der Waals surface area contributed by atoms with Gasteiger partial charge in [-0.3, -0.25) is 4.79 Å². The van der Waals surface area contributed by atoms with E-state index in [1.54, 1.807) is 7.11 Å². The van der Waals surface area contributed by atoms with Gasteiger partial charge in [-0.1, -0.05) is 0 Å². The number of halogens is 1. The van der Waals surface area contributed by atoms with E-state index < -0.39 is 0 Å². The minimum Gasteiger partial charge on any atom is -0.383 e. The molecule has 0 aromatic heterocycles. The molecule has 14 heavy (non-hydrogen) atoms. The number of ether oxygens (including phenoxy) is 1. The third kappa shape index (κ3) is 4.26. The zero-order chi connectivity index (χ0) is 9.68. The molecular weight excluding hydrogens is 204 g/mol. The highest BCUT2D eigenvalue weighted by Crippen LogP contribution is 2.15. The number of likely N-dealkylation sites (tertiary alicyclic amines) is 1. The minimum atomic E-state index is -0.147. The first kappa shape index (κ1) is 13.7. The quantitative estimate of drug-likeness (QED) is 0.742. The van der Waals surface area contributed by atoms with E-state index in [4.69, 9.17) is 10.5 Å². The number of nitrogens with two attached hydrogens (primary N) is 1. The van der Waals surface area contributed by atoms with Crippen molar-refractivity contribution in [2.45, 2.75) is 12.8 Å². The number of hydrogen-bond donors (Lipinski definition) is 1. The second-order valence-corrected chi connectivity index (χ2v) is 3.51. The molecule has 5 heteroatoms. The van der Waals surface area contributed by atoms with Gasteiger partial charge in [0.25, 0.3) is 0 Å². The lowest BCUT2D eigenvalue weighted by atomic mass is 9.96. The predicted octanol–water partition coefficient (Wildman–Crippen LogP) is 0.252. The molecule has 1 aliphatic heterocycles. The Morgan fingerprint density at radius 3 is 2.50 bits per heavy atom. The first-order valence-electron chi connectivity index (χ1n) is 4.74. The summed E-state index contributed by atoms with van der Waals surface area (Å²) in [5, 5.41) is 0. The summed E-state index contributed by atoms with van der Waals surface area (Å²) in [4.78, 5) is 13.2. The molecule has 1 heterocycles. The average Bonchev–Trinajstić information content (AvgIpc) is 2.15. The summed E-state index contributed by atoms with van der Waals surface area (Å²) in [5.41, 5.74) is 5.23. The summed E-state index contributed by atoms with van der Waals surface area (Å²) in [6, 6.07) is 0. The lowest BCUT2D eigenvalue weighted by molar-refractivity contribution is -0.123. The van der Waals surface area contributed by atoms with Crippen molar-refractivity contribution in [2.75, 3.05) is 33.4 Å². The molecule has 0 atom stereocenters. The molecule has 1 amide bonds. The third-order valence-electron chi connectivity index (χ3n) is 2.60. The number of amides is 1. The van der Waals surface area contributed by atoms with Crippen LogP contribution in [0.15, 0.2) is 0 Å². The number of nitrogens with zero attached hydrogens (tertiary/aromatic N) is 1. The number of piperidine rings is 1. The van der Waals surface area contributed by atoms with Crippen LogP contribution in [0.25, 0.3) is 0 Å². The van der Waals surface area contributed by atoms with Gasteiger partial charge in [-0.25, -0.2) is 0 Å². The van der Waals surface area contributed by atoms with Gasteiger partial charge in [0.15, 0.2) is 0 Å². The fraction of sp³-hybridized carbons (Fsp3) is 0.889. The highest BCUT2D eigenvalue weighted by molar-refractivity contribution is 5.85.